The molecule has 3 atom stereocenters. The Morgan fingerprint density at radius 1 is 1.07 bits per heavy atom. The van der Waals surface area contributed by atoms with E-state index in [4.69, 9.17) is 23.9 Å². The van der Waals surface area contributed by atoms with Crippen molar-refractivity contribution in [3.63, 3.8) is 0 Å². The van der Waals surface area contributed by atoms with Crippen LogP contribution in [0.15, 0.2) is 24.3 Å². The molecule has 8 nitrogen and oxygen atoms in total. The molecule has 0 bridgehead atoms. The molecule has 252 valence electrons. The first-order valence-corrected chi connectivity index (χ1v) is 19.3. The summed E-state index contributed by atoms with van der Waals surface area (Å²) in [7, 11) is -2.01. The van der Waals surface area contributed by atoms with Gasteiger partial charge in [0.25, 0.3) is 6.43 Å². The fraction of sp³-hybridized carbons (Fsp3) is 0.706. The Morgan fingerprint density at radius 3 is 2.33 bits per heavy atom. The van der Waals surface area contributed by atoms with Crippen LogP contribution in [0.2, 0.25) is 18.1 Å². The predicted molar refractivity (Wildman–Crippen MR) is 181 cm³/mol. The Kier molecular flexibility index (Phi) is 11.2. The summed E-state index contributed by atoms with van der Waals surface area (Å²) in [5.74, 6) is 2.93. The van der Waals surface area contributed by atoms with Crippen molar-refractivity contribution in [2.75, 3.05) is 56.2 Å². The second-order valence-electron chi connectivity index (χ2n) is 15.2. The zero-order valence-corrected chi connectivity index (χ0v) is 30.0. The molecule has 1 aromatic carbocycles. The fourth-order valence-electron chi connectivity index (χ4n) is 5.80. The minimum absolute atomic E-state index is 0.0933. The van der Waals surface area contributed by atoms with E-state index in [1.165, 1.54) is 0 Å². The molecule has 45 heavy (non-hydrogen) atoms. The number of ether oxygens (including phenoxy) is 2. The summed E-state index contributed by atoms with van der Waals surface area (Å²) in [5, 5.41) is 3.69. The summed E-state index contributed by atoms with van der Waals surface area (Å²) < 4.78 is 45.2. The van der Waals surface area contributed by atoms with E-state index in [1.807, 2.05) is 36.1 Å². The highest BCUT2D eigenvalue weighted by atomic mass is 28.4. The predicted octanol–water partition coefficient (Wildman–Crippen LogP) is 7.24. The molecule has 0 saturated carbocycles. The molecule has 11 heteroatoms. The highest BCUT2D eigenvalue weighted by Crippen LogP contribution is 2.40. The third kappa shape index (κ3) is 9.14. The highest BCUT2D eigenvalue weighted by molar-refractivity contribution is 6.74. The molecule has 2 aliphatic rings. The van der Waals surface area contributed by atoms with Crippen LogP contribution >= 0.6 is 0 Å². The van der Waals surface area contributed by atoms with Gasteiger partial charge in [0.15, 0.2) is 14.1 Å². The van der Waals surface area contributed by atoms with E-state index in [1.54, 1.807) is 0 Å². The van der Waals surface area contributed by atoms with Crippen molar-refractivity contribution in [2.45, 2.75) is 105 Å². The van der Waals surface area contributed by atoms with Crippen molar-refractivity contribution in [1.82, 2.24) is 14.9 Å². The maximum atomic E-state index is 13.0. The normalized spacial score (nSPS) is 20.0. The number of hydrogen-bond donors (Lipinski definition) is 1. The number of aromatic nitrogens is 2. The van der Waals surface area contributed by atoms with Gasteiger partial charge < -0.3 is 24.1 Å². The Bertz CT molecular complexity index is 1270. The Hall–Kier alpha value is -2.34. The summed E-state index contributed by atoms with van der Waals surface area (Å²) >= 11 is 0. The summed E-state index contributed by atoms with van der Waals surface area (Å²) in [4.78, 5) is 14.1. The molecule has 1 N–H and O–H groups in total. The molecule has 0 radical (unpaired) electrons. The molecule has 4 rings (SSSR count). The molecule has 1 aromatic heterocycles. The van der Waals surface area contributed by atoms with Crippen molar-refractivity contribution in [1.29, 1.82) is 0 Å². The van der Waals surface area contributed by atoms with Crippen molar-refractivity contribution < 1.29 is 22.7 Å². The smallest absolute Gasteiger partial charge is 0.251 e. The molecule has 0 aliphatic carbocycles. The van der Waals surface area contributed by atoms with Gasteiger partial charge in [-0.2, -0.15) is 0 Å². The van der Waals surface area contributed by atoms with Crippen LogP contribution in [0.3, 0.4) is 0 Å². The van der Waals surface area contributed by atoms with Crippen LogP contribution in [0.1, 0.15) is 60.5 Å². The second kappa shape index (κ2) is 14.2. The van der Waals surface area contributed by atoms with Crippen molar-refractivity contribution in [3.05, 3.63) is 29.8 Å². The van der Waals surface area contributed by atoms with Crippen LogP contribution in [-0.4, -0.2) is 93.8 Å². The van der Waals surface area contributed by atoms with Crippen LogP contribution in [0, 0.1) is 12.3 Å². The second-order valence-corrected chi connectivity index (χ2v) is 20.0. The van der Waals surface area contributed by atoms with Gasteiger partial charge >= 0.3 is 0 Å². The number of hydrogen-bond acceptors (Lipinski definition) is 8. The number of nitrogens with zero attached hydrogens (tertiary/aromatic N) is 4. The molecule has 2 aromatic rings. The molecule has 2 aliphatic heterocycles. The quantitative estimate of drug-likeness (QED) is 0.256. The minimum Gasteiger partial charge on any atom is -0.487 e. The first-order valence-electron chi connectivity index (χ1n) is 16.4. The number of nitrogens with one attached hydrogen (secondary N) is 1. The van der Waals surface area contributed by atoms with Crippen LogP contribution in [-0.2, 0) is 9.16 Å². The van der Waals surface area contributed by atoms with E-state index in [-0.39, 0.29) is 35.2 Å². The van der Waals surface area contributed by atoms with Gasteiger partial charge in [-0.15, -0.1) is 0 Å². The lowest BCUT2D eigenvalue weighted by Gasteiger charge is -2.43. The lowest BCUT2D eigenvalue weighted by Crippen LogP contribution is -2.50. The van der Waals surface area contributed by atoms with Gasteiger partial charge in [0.05, 0.1) is 25.3 Å². The monoisotopic (exact) mass is 647 g/mol. The Balaban J connectivity index is 1.64. The lowest BCUT2D eigenvalue weighted by molar-refractivity contribution is -0.0110. The van der Waals surface area contributed by atoms with Crippen molar-refractivity contribution in [2.24, 2.45) is 5.41 Å². The maximum Gasteiger partial charge on any atom is 0.251 e. The maximum absolute atomic E-state index is 13.0. The zero-order valence-electron chi connectivity index (χ0n) is 29.0. The first kappa shape index (κ1) is 35.5. The van der Waals surface area contributed by atoms with Crippen LogP contribution in [0.5, 0.6) is 5.75 Å². The molecular formula is C34H55F2N5O3Si. The minimum atomic E-state index is -2.33. The topological polar surface area (TPSA) is 72.0 Å². The number of rotatable bonds is 11. The number of benzene rings is 1. The standard InChI is InChI=1S/C34H55F2N5O3Si/c1-23-30(37-26-14-19-42-22-26)38-31(39-32(23)41-17-15-40(16-18-41)21-28(35)36)25-12-11-13-27(20-25)43-29(33(3,4)5)24(2)44-45(9,10)34(6,7)8/h11-13,20,24,26,28-29H,14-19,21-22H2,1-10H3,(H,37,38,39)/t24?,26-,29?/m1/s1. The van der Waals surface area contributed by atoms with Gasteiger partial charge in [-0.1, -0.05) is 53.7 Å². The van der Waals surface area contributed by atoms with Crippen molar-refractivity contribution in [3.8, 4) is 17.1 Å². The van der Waals surface area contributed by atoms with E-state index in [0.29, 0.717) is 38.6 Å². The fourth-order valence-corrected chi connectivity index (χ4v) is 7.20. The highest BCUT2D eigenvalue weighted by Gasteiger charge is 2.42. The molecule has 0 spiro atoms. The van der Waals surface area contributed by atoms with Gasteiger partial charge in [0.1, 0.15) is 23.5 Å². The van der Waals surface area contributed by atoms with E-state index in [0.717, 1.165) is 41.5 Å². The van der Waals surface area contributed by atoms with Gasteiger partial charge in [-0.3, -0.25) is 4.90 Å². The molecule has 2 fully saturated rings. The Labute approximate surface area is 270 Å². The molecule has 3 heterocycles. The number of alkyl halides is 2. The summed E-state index contributed by atoms with van der Waals surface area (Å²) in [6.07, 6.45) is -1.71. The van der Waals surface area contributed by atoms with E-state index in [2.05, 4.69) is 71.8 Å². The molecule has 2 saturated heterocycles. The van der Waals surface area contributed by atoms with E-state index < -0.39 is 14.7 Å². The lowest BCUT2D eigenvalue weighted by atomic mass is 9.86. The summed E-state index contributed by atoms with van der Waals surface area (Å²) in [5.41, 5.74) is 1.63. The third-order valence-electron chi connectivity index (χ3n) is 9.38. The van der Waals surface area contributed by atoms with Gasteiger partial charge in [0.2, 0.25) is 0 Å². The van der Waals surface area contributed by atoms with Crippen LogP contribution < -0.4 is 15.0 Å². The molecular weight excluding hydrogens is 592 g/mol. The van der Waals surface area contributed by atoms with Gasteiger partial charge in [0, 0.05) is 49.3 Å². The average molecular weight is 648 g/mol. The van der Waals surface area contributed by atoms with E-state index >= 15 is 0 Å². The number of piperazine rings is 1. The summed E-state index contributed by atoms with van der Waals surface area (Å²) in [6.45, 7) is 25.6. The molecule has 2 unspecified atom stereocenters. The van der Waals surface area contributed by atoms with Crippen molar-refractivity contribution >= 4 is 20.0 Å². The van der Waals surface area contributed by atoms with Crippen LogP contribution in [0.25, 0.3) is 11.4 Å². The first-order chi connectivity index (χ1) is 20.9. The number of anilines is 2. The third-order valence-corrected chi connectivity index (χ3v) is 14.0. The number of halogens is 2. The summed E-state index contributed by atoms with van der Waals surface area (Å²) in [6, 6.07) is 8.15. The molecule has 0 amide bonds. The van der Waals surface area contributed by atoms with Crippen LogP contribution in [0.4, 0.5) is 20.4 Å². The van der Waals surface area contributed by atoms with Gasteiger partial charge in [-0.25, -0.2) is 18.7 Å². The van der Waals surface area contributed by atoms with Gasteiger partial charge in [-0.05, 0) is 50.5 Å². The van der Waals surface area contributed by atoms with E-state index in [9.17, 15) is 8.78 Å². The zero-order chi connectivity index (χ0) is 33.2. The largest absolute Gasteiger partial charge is 0.487 e. The average Bonchev–Trinajstić information content (AvgIpc) is 3.45. The Morgan fingerprint density at radius 2 is 1.76 bits per heavy atom. The SMILES string of the molecule is Cc1c(N[C@@H]2CCOC2)nc(-c2cccc(OC(C(C)O[Si](C)(C)C(C)(C)C)C(C)(C)C)c2)nc1N1CCN(CC(F)F)CC1.